The van der Waals surface area contributed by atoms with Crippen LogP contribution in [0.15, 0.2) is 59.4 Å². The Morgan fingerprint density at radius 3 is 2.44 bits per heavy atom. The van der Waals surface area contributed by atoms with Crippen LogP contribution in [0.4, 0.5) is 4.39 Å². The van der Waals surface area contributed by atoms with Crippen molar-refractivity contribution < 1.29 is 22.3 Å². The molecule has 0 saturated heterocycles. The van der Waals surface area contributed by atoms with Gasteiger partial charge in [0.15, 0.2) is 5.75 Å². The first-order valence-electron chi connectivity index (χ1n) is 10.6. The molecule has 0 radical (unpaired) electrons. The van der Waals surface area contributed by atoms with Crippen molar-refractivity contribution in [2.45, 2.75) is 13.0 Å². The van der Waals surface area contributed by atoms with E-state index in [4.69, 9.17) is 9.47 Å². The Morgan fingerprint density at radius 1 is 1.09 bits per heavy atom. The average Bonchev–Trinajstić information content (AvgIpc) is 3.12. The van der Waals surface area contributed by atoms with Crippen LogP contribution in [0.5, 0.6) is 11.6 Å². The maximum absolute atomic E-state index is 13.3. The number of fused-ring (bicyclic) bond motifs is 1. The van der Waals surface area contributed by atoms with E-state index in [1.165, 1.54) is 23.8 Å². The number of sulfone groups is 1. The van der Waals surface area contributed by atoms with Gasteiger partial charge in [-0.05, 0) is 54.4 Å². The molecule has 0 aliphatic rings. The Kier molecular flexibility index (Phi) is 6.43. The van der Waals surface area contributed by atoms with Crippen LogP contribution in [0, 0.1) is 5.82 Å². The summed E-state index contributed by atoms with van der Waals surface area (Å²) in [7, 11) is -2.02. The predicted molar refractivity (Wildman–Crippen MR) is 128 cm³/mol. The predicted octanol–water partition coefficient (Wildman–Crippen LogP) is 3.57. The summed E-state index contributed by atoms with van der Waals surface area (Å²) in [6.07, 6.45) is 1.11. The summed E-state index contributed by atoms with van der Waals surface area (Å²) in [6.45, 7) is 2.13. The van der Waals surface area contributed by atoms with Crippen LogP contribution < -0.4 is 15.2 Å². The summed E-state index contributed by atoms with van der Waals surface area (Å²) in [5.41, 5.74) is 2.46. The van der Waals surface area contributed by atoms with E-state index in [1.807, 2.05) is 0 Å². The molecule has 10 heteroatoms. The lowest BCUT2D eigenvalue weighted by Crippen LogP contribution is -2.29. The summed E-state index contributed by atoms with van der Waals surface area (Å²) in [6, 6.07) is 13.7. The second-order valence-corrected chi connectivity index (χ2v) is 10.0. The van der Waals surface area contributed by atoms with Gasteiger partial charge in [0.2, 0.25) is 0 Å². The van der Waals surface area contributed by atoms with E-state index >= 15 is 0 Å². The van der Waals surface area contributed by atoms with Crippen molar-refractivity contribution in [2.24, 2.45) is 0 Å². The van der Waals surface area contributed by atoms with E-state index in [2.05, 4.69) is 9.97 Å². The Hall–Kier alpha value is -3.66. The van der Waals surface area contributed by atoms with Crippen LogP contribution in [0.3, 0.4) is 0 Å². The van der Waals surface area contributed by atoms with Crippen LogP contribution >= 0.6 is 0 Å². The summed E-state index contributed by atoms with van der Waals surface area (Å²) in [4.78, 5) is 20.3. The minimum absolute atomic E-state index is 0.215. The van der Waals surface area contributed by atoms with Gasteiger partial charge in [0.05, 0.1) is 42.2 Å². The van der Waals surface area contributed by atoms with E-state index in [0.717, 1.165) is 17.4 Å². The number of hydrogen-bond donors (Lipinski definition) is 1. The van der Waals surface area contributed by atoms with Gasteiger partial charge in [0.1, 0.15) is 15.7 Å². The summed E-state index contributed by atoms with van der Waals surface area (Å²) < 4.78 is 50.1. The van der Waals surface area contributed by atoms with Crippen LogP contribution in [-0.4, -0.2) is 48.7 Å². The van der Waals surface area contributed by atoms with Gasteiger partial charge in [0.25, 0.3) is 5.88 Å². The van der Waals surface area contributed by atoms with Crippen molar-refractivity contribution in [1.82, 2.24) is 14.5 Å². The van der Waals surface area contributed by atoms with Crippen LogP contribution in [-0.2, 0) is 9.84 Å². The van der Waals surface area contributed by atoms with Gasteiger partial charge in [0, 0.05) is 6.26 Å². The molecule has 1 N–H and O–H groups in total. The third-order valence-electron chi connectivity index (χ3n) is 5.36. The minimum Gasteiger partial charge on any atom is -0.491 e. The summed E-state index contributed by atoms with van der Waals surface area (Å²) in [5.74, 6) is -0.0670. The fourth-order valence-corrected chi connectivity index (χ4v) is 4.76. The van der Waals surface area contributed by atoms with E-state index in [9.17, 15) is 17.6 Å². The number of rotatable bonds is 8. The Balaban J connectivity index is 1.86. The lowest BCUT2D eigenvalue weighted by atomic mass is 10.0. The second kappa shape index (κ2) is 9.30. The van der Waals surface area contributed by atoms with Crippen LogP contribution in [0.1, 0.15) is 18.7 Å². The number of aromatic nitrogens is 3. The molecule has 2 aromatic carbocycles. The second-order valence-electron chi connectivity index (χ2n) is 7.82. The first-order chi connectivity index (χ1) is 16.2. The zero-order chi connectivity index (χ0) is 24.5. The molecule has 2 heterocycles. The molecule has 0 amide bonds. The molecule has 0 bridgehead atoms. The van der Waals surface area contributed by atoms with E-state index < -0.39 is 21.6 Å². The largest absolute Gasteiger partial charge is 0.491 e. The Morgan fingerprint density at radius 2 is 1.79 bits per heavy atom. The zero-order valence-corrected chi connectivity index (χ0v) is 19.7. The first kappa shape index (κ1) is 23.5. The van der Waals surface area contributed by atoms with Crippen molar-refractivity contribution in [3.8, 4) is 22.8 Å². The average molecular weight is 486 g/mol. The lowest BCUT2D eigenvalue weighted by molar-refractivity contribution is 0.296. The molecule has 178 valence electrons. The highest BCUT2D eigenvalue weighted by molar-refractivity contribution is 7.90. The maximum Gasteiger partial charge on any atom is 0.327 e. The van der Waals surface area contributed by atoms with E-state index in [-0.39, 0.29) is 17.5 Å². The fraction of sp³-hybridized carbons (Fsp3) is 0.250. The van der Waals surface area contributed by atoms with Gasteiger partial charge in [-0.15, -0.1) is 0 Å². The number of pyridine rings is 1. The lowest BCUT2D eigenvalue weighted by Gasteiger charge is -2.19. The van der Waals surface area contributed by atoms with Crippen molar-refractivity contribution >= 4 is 20.9 Å². The minimum atomic E-state index is -3.50. The Labute approximate surface area is 195 Å². The molecule has 0 spiro atoms. The van der Waals surface area contributed by atoms with Gasteiger partial charge < -0.3 is 14.5 Å². The zero-order valence-electron chi connectivity index (χ0n) is 18.9. The summed E-state index contributed by atoms with van der Waals surface area (Å²) >= 11 is 0. The van der Waals surface area contributed by atoms with Gasteiger partial charge in [-0.1, -0.05) is 18.2 Å². The molecule has 1 atom stereocenters. The molecule has 0 aliphatic heterocycles. The van der Waals surface area contributed by atoms with Crippen molar-refractivity contribution in [3.63, 3.8) is 0 Å². The number of nitrogens with one attached hydrogen (secondary N) is 1. The molecule has 0 aliphatic carbocycles. The van der Waals surface area contributed by atoms with E-state index in [1.54, 1.807) is 49.4 Å². The molecular weight excluding hydrogens is 461 g/mol. The topological polar surface area (TPSA) is 103 Å². The maximum atomic E-state index is 13.3. The smallest absolute Gasteiger partial charge is 0.327 e. The molecule has 2 aromatic heterocycles. The number of halogens is 1. The molecule has 34 heavy (non-hydrogen) atoms. The van der Waals surface area contributed by atoms with Crippen LogP contribution in [0.2, 0.25) is 0 Å². The highest BCUT2D eigenvalue weighted by Crippen LogP contribution is 2.30. The highest BCUT2D eigenvalue weighted by atomic mass is 32.2. The van der Waals surface area contributed by atoms with Crippen LogP contribution in [0.25, 0.3) is 22.2 Å². The molecule has 0 unspecified atom stereocenters. The molecule has 0 saturated carbocycles. The van der Waals surface area contributed by atoms with Crippen molar-refractivity contribution in [2.75, 3.05) is 25.7 Å². The molecule has 4 rings (SSSR count). The normalized spacial score (nSPS) is 12.6. The number of H-pyrrole nitrogens is 1. The fourth-order valence-electron chi connectivity index (χ4n) is 3.86. The monoisotopic (exact) mass is 485 g/mol. The molecule has 8 nitrogen and oxygen atoms in total. The number of imidazole rings is 1. The quantitative estimate of drug-likeness (QED) is 0.409. The van der Waals surface area contributed by atoms with Gasteiger partial charge in [-0.25, -0.2) is 22.6 Å². The highest BCUT2D eigenvalue weighted by Gasteiger charge is 2.26. The number of benzene rings is 2. The number of hydrogen-bond acceptors (Lipinski definition) is 6. The first-order valence-corrected chi connectivity index (χ1v) is 12.6. The Bertz CT molecular complexity index is 1490. The third-order valence-corrected chi connectivity index (χ3v) is 6.28. The standard InChI is InChI=1S/C24H24FN3O5S/c1-4-33-23-22(32-2)12-10-18(26-23)21(14-34(3,30)31)28-20-11-7-16(13-19(20)27-24(28)29)15-5-8-17(25)9-6-15/h5-13,21H,4,14H2,1-3H3,(H,27,29)/t21-/m1/s1. The van der Waals surface area contributed by atoms with Crippen molar-refractivity contribution in [1.29, 1.82) is 0 Å². The number of methoxy groups -OCH3 is 1. The van der Waals surface area contributed by atoms with Gasteiger partial charge in [-0.2, -0.15) is 0 Å². The van der Waals surface area contributed by atoms with Gasteiger partial charge in [-0.3, -0.25) is 4.57 Å². The molecular formula is C24H24FN3O5S. The van der Waals surface area contributed by atoms with Gasteiger partial charge >= 0.3 is 5.69 Å². The summed E-state index contributed by atoms with van der Waals surface area (Å²) in [5, 5.41) is 0. The molecule has 4 aromatic rings. The third kappa shape index (κ3) is 4.81. The molecule has 0 fully saturated rings. The number of aromatic amines is 1. The number of nitrogens with zero attached hydrogens (tertiary/aromatic N) is 2. The van der Waals surface area contributed by atoms with E-state index in [0.29, 0.717) is 29.1 Å². The van der Waals surface area contributed by atoms with Crippen molar-refractivity contribution in [3.05, 3.63) is 76.6 Å². The number of ether oxygens (including phenoxy) is 2. The SMILES string of the molecule is CCOc1nc([C@@H](CS(C)(=O)=O)n2c(=O)[nH]c3cc(-c4ccc(F)cc4)ccc32)ccc1OC.